The summed E-state index contributed by atoms with van der Waals surface area (Å²) >= 11 is 0. The van der Waals surface area contributed by atoms with Crippen molar-refractivity contribution < 1.29 is 4.79 Å². The first-order chi connectivity index (χ1) is 10.2. The topological polar surface area (TPSA) is 66.1 Å². The predicted octanol–water partition coefficient (Wildman–Crippen LogP) is 1.70. The highest BCUT2D eigenvalue weighted by atomic mass is 16.2. The van der Waals surface area contributed by atoms with Crippen molar-refractivity contribution in [3.63, 3.8) is 0 Å². The van der Waals surface area contributed by atoms with Crippen LogP contribution in [0, 0.1) is 0 Å². The first-order valence-corrected chi connectivity index (χ1v) is 6.83. The van der Waals surface area contributed by atoms with E-state index in [1.54, 1.807) is 4.90 Å². The summed E-state index contributed by atoms with van der Waals surface area (Å²) in [6, 6.07) is 12.9. The Balaban J connectivity index is 1.73. The number of H-pyrrole nitrogens is 1. The van der Waals surface area contributed by atoms with Gasteiger partial charge in [0.15, 0.2) is 0 Å². The van der Waals surface area contributed by atoms with Gasteiger partial charge in [0.1, 0.15) is 5.69 Å². The molecule has 0 saturated heterocycles. The molecule has 0 saturated carbocycles. The number of nitrogens with zero attached hydrogens (tertiary/aromatic N) is 2. The van der Waals surface area contributed by atoms with E-state index in [1.807, 2.05) is 18.2 Å². The molecule has 5 nitrogen and oxygen atoms in total. The quantitative estimate of drug-likeness (QED) is 0.911. The fourth-order valence-electron chi connectivity index (χ4n) is 2.39. The highest BCUT2D eigenvalue weighted by Gasteiger charge is 2.20. The van der Waals surface area contributed by atoms with Crippen LogP contribution in [0.15, 0.2) is 53.3 Å². The molecule has 0 atom stereocenters. The fraction of sp³-hybridized carbons (Fsp3) is 0.188. The van der Waals surface area contributed by atoms with Gasteiger partial charge in [0, 0.05) is 19.2 Å². The Bertz CT molecular complexity index is 714. The zero-order valence-electron chi connectivity index (χ0n) is 11.5. The minimum absolute atomic E-state index is 0.158. The lowest BCUT2D eigenvalue weighted by atomic mass is 9.99. The van der Waals surface area contributed by atoms with E-state index in [4.69, 9.17) is 0 Å². The van der Waals surface area contributed by atoms with Crippen LogP contribution >= 0.6 is 0 Å². The van der Waals surface area contributed by atoms with Gasteiger partial charge in [-0.3, -0.25) is 9.59 Å². The Hall–Kier alpha value is -2.69. The van der Waals surface area contributed by atoms with Gasteiger partial charge in [0.25, 0.3) is 11.5 Å². The Labute approximate surface area is 121 Å². The van der Waals surface area contributed by atoms with Gasteiger partial charge in [-0.05, 0) is 23.6 Å². The van der Waals surface area contributed by atoms with E-state index in [2.05, 4.69) is 28.4 Å². The zero-order chi connectivity index (χ0) is 14.7. The molecule has 0 aliphatic carbocycles. The van der Waals surface area contributed by atoms with Crippen molar-refractivity contribution in [1.82, 2.24) is 15.1 Å². The molecule has 3 rings (SSSR count). The molecule has 1 aromatic heterocycles. The summed E-state index contributed by atoms with van der Waals surface area (Å²) in [7, 11) is 0. The van der Waals surface area contributed by atoms with Crippen LogP contribution in [0.5, 0.6) is 0 Å². The number of aromatic nitrogens is 2. The molecular weight excluding hydrogens is 266 g/mol. The Morgan fingerprint density at radius 1 is 1.14 bits per heavy atom. The molecule has 0 fully saturated rings. The Morgan fingerprint density at radius 2 is 1.95 bits per heavy atom. The third kappa shape index (κ3) is 2.91. The number of amides is 1. The number of carbonyl (C=O) groups is 1. The van der Waals surface area contributed by atoms with E-state index < -0.39 is 0 Å². The summed E-state index contributed by atoms with van der Waals surface area (Å²) in [4.78, 5) is 25.0. The van der Waals surface area contributed by atoms with E-state index in [-0.39, 0.29) is 17.2 Å². The molecule has 21 heavy (non-hydrogen) atoms. The number of carbonyl (C=O) groups excluding carboxylic acids is 1. The van der Waals surface area contributed by atoms with Crippen LogP contribution < -0.4 is 5.56 Å². The molecular formula is C16H15N3O2. The van der Waals surface area contributed by atoms with Crippen molar-refractivity contribution in [3.05, 3.63) is 70.2 Å². The SMILES string of the molecule is O=C(c1ccc(=O)[nH]n1)N1CC=C(c2ccccc2)CC1. The van der Waals surface area contributed by atoms with E-state index in [1.165, 1.54) is 23.3 Å². The smallest absolute Gasteiger partial charge is 0.274 e. The largest absolute Gasteiger partial charge is 0.333 e. The minimum Gasteiger partial charge on any atom is -0.333 e. The van der Waals surface area contributed by atoms with Crippen LogP contribution in [-0.4, -0.2) is 34.1 Å². The van der Waals surface area contributed by atoms with E-state index in [0.29, 0.717) is 13.1 Å². The molecule has 0 unspecified atom stereocenters. The molecule has 0 radical (unpaired) electrons. The molecule has 1 N–H and O–H groups in total. The van der Waals surface area contributed by atoms with Gasteiger partial charge in [-0.2, -0.15) is 5.10 Å². The maximum Gasteiger partial charge on any atom is 0.274 e. The normalized spacial score (nSPS) is 14.7. The van der Waals surface area contributed by atoms with Gasteiger partial charge in [-0.15, -0.1) is 0 Å². The van der Waals surface area contributed by atoms with Gasteiger partial charge in [0.05, 0.1) is 0 Å². The second-order valence-corrected chi connectivity index (χ2v) is 4.90. The van der Waals surface area contributed by atoms with Crippen molar-refractivity contribution in [3.8, 4) is 0 Å². The van der Waals surface area contributed by atoms with Gasteiger partial charge in [-0.25, -0.2) is 5.10 Å². The predicted molar refractivity (Wildman–Crippen MR) is 79.8 cm³/mol. The standard InChI is InChI=1S/C16H15N3O2/c20-15-7-6-14(17-18-15)16(21)19-10-8-13(9-11-19)12-4-2-1-3-5-12/h1-8H,9-11H2,(H,18,20). The molecule has 1 aliphatic rings. The maximum absolute atomic E-state index is 12.3. The van der Waals surface area contributed by atoms with Crippen molar-refractivity contribution in [2.75, 3.05) is 13.1 Å². The van der Waals surface area contributed by atoms with Crippen molar-refractivity contribution in [2.24, 2.45) is 0 Å². The third-order valence-corrected chi connectivity index (χ3v) is 3.54. The van der Waals surface area contributed by atoms with Crippen molar-refractivity contribution in [1.29, 1.82) is 0 Å². The minimum atomic E-state index is -0.309. The molecule has 0 spiro atoms. The molecule has 5 heteroatoms. The second-order valence-electron chi connectivity index (χ2n) is 4.90. The van der Waals surface area contributed by atoms with Crippen LogP contribution in [0.3, 0.4) is 0 Å². The van der Waals surface area contributed by atoms with E-state index >= 15 is 0 Å². The lowest BCUT2D eigenvalue weighted by Gasteiger charge is -2.26. The van der Waals surface area contributed by atoms with Crippen LogP contribution in [0.2, 0.25) is 0 Å². The lowest BCUT2D eigenvalue weighted by Crippen LogP contribution is -2.35. The first-order valence-electron chi connectivity index (χ1n) is 6.83. The van der Waals surface area contributed by atoms with Gasteiger partial charge in [0.2, 0.25) is 0 Å². The Morgan fingerprint density at radius 3 is 2.57 bits per heavy atom. The Kier molecular flexibility index (Phi) is 3.64. The maximum atomic E-state index is 12.3. The fourth-order valence-corrected chi connectivity index (χ4v) is 2.39. The molecule has 1 amide bonds. The van der Waals surface area contributed by atoms with Gasteiger partial charge in [-0.1, -0.05) is 36.4 Å². The van der Waals surface area contributed by atoms with Crippen LogP contribution in [-0.2, 0) is 0 Å². The number of nitrogens with one attached hydrogen (secondary N) is 1. The summed E-state index contributed by atoms with van der Waals surface area (Å²) in [6.45, 7) is 1.21. The second kappa shape index (κ2) is 5.75. The average Bonchev–Trinajstić information content (AvgIpc) is 2.56. The number of aromatic amines is 1. The monoisotopic (exact) mass is 281 g/mol. The highest BCUT2D eigenvalue weighted by molar-refractivity contribution is 5.92. The van der Waals surface area contributed by atoms with Crippen LogP contribution in [0.25, 0.3) is 5.57 Å². The molecule has 1 aromatic carbocycles. The molecule has 1 aliphatic heterocycles. The van der Waals surface area contributed by atoms with Crippen LogP contribution in [0.4, 0.5) is 0 Å². The molecule has 2 heterocycles. The van der Waals surface area contributed by atoms with Gasteiger partial charge >= 0.3 is 0 Å². The third-order valence-electron chi connectivity index (χ3n) is 3.54. The van der Waals surface area contributed by atoms with Crippen LogP contribution in [0.1, 0.15) is 22.5 Å². The van der Waals surface area contributed by atoms with Crippen molar-refractivity contribution in [2.45, 2.75) is 6.42 Å². The summed E-state index contributed by atoms with van der Waals surface area (Å²) < 4.78 is 0. The van der Waals surface area contributed by atoms with Crippen molar-refractivity contribution >= 4 is 11.5 Å². The van der Waals surface area contributed by atoms with Gasteiger partial charge < -0.3 is 4.90 Å². The summed E-state index contributed by atoms with van der Waals surface area (Å²) in [6.07, 6.45) is 2.89. The van der Waals surface area contributed by atoms with E-state index in [0.717, 1.165) is 6.42 Å². The average molecular weight is 281 g/mol. The number of rotatable bonds is 2. The summed E-state index contributed by atoms with van der Waals surface area (Å²) in [5.74, 6) is -0.158. The molecule has 106 valence electrons. The zero-order valence-corrected chi connectivity index (χ0v) is 11.5. The number of hydrogen-bond acceptors (Lipinski definition) is 3. The lowest BCUT2D eigenvalue weighted by molar-refractivity contribution is 0.0765. The summed E-state index contributed by atoms with van der Waals surface area (Å²) in [5.41, 5.74) is 2.42. The number of hydrogen-bond donors (Lipinski definition) is 1. The molecule has 0 bridgehead atoms. The highest BCUT2D eigenvalue weighted by Crippen LogP contribution is 2.22. The summed E-state index contributed by atoms with van der Waals surface area (Å²) in [5, 5.41) is 6.07. The first kappa shape index (κ1) is 13.3. The molecule has 2 aromatic rings. The number of benzene rings is 1. The van der Waals surface area contributed by atoms with E-state index in [9.17, 15) is 9.59 Å².